The third-order valence-corrected chi connectivity index (χ3v) is 8.60. The second-order valence-electron chi connectivity index (χ2n) is 9.40. The first-order chi connectivity index (χ1) is 17.7. The van der Waals surface area contributed by atoms with Crippen LogP contribution in [-0.4, -0.2) is 67.4 Å². The van der Waals surface area contributed by atoms with Gasteiger partial charge in [-0.25, -0.2) is 8.42 Å². The Balaban J connectivity index is 2.05. The molecule has 0 aromatic heterocycles. The van der Waals surface area contributed by atoms with Crippen LogP contribution in [0.15, 0.2) is 54.6 Å². The van der Waals surface area contributed by atoms with Crippen LogP contribution in [0.4, 0.5) is 0 Å². The Morgan fingerprint density at radius 3 is 2.24 bits per heavy atom. The highest BCUT2D eigenvalue weighted by Gasteiger charge is 2.31. The van der Waals surface area contributed by atoms with Gasteiger partial charge in [-0.15, -0.1) is 0 Å². The van der Waals surface area contributed by atoms with E-state index in [-0.39, 0.29) is 6.54 Å². The molecule has 1 amide bonds. The maximum Gasteiger partial charge on any atom is 0.250 e. The zero-order valence-electron chi connectivity index (χ0n) is 22.1. The molecular formula is C28H42N2O6S. The highest BCUT2D eigenvalue weighted by atomic mass is 32.2. The van der Waals surface area contributed by atoms with Gasteiger partial charge in [-0.1, -0.05) is 69.2 Å². The molecule has 2 aromatic carbocycles. The topological polar surface area (TPSA) is 125 Å². The average molecular weight is 535 g/mol. The van der Waals surface area contributed by atoms with Crippen LogP contribution in [0.5, 0.6) is 5.75 Å². The minimum absolute atomic E-state index is 0.179. The lowest BCUT2D eigenvalue weighted by Crippen LogP contribution is -2.52. The Bertz CT molecular complexity index is 1040. The van der Waals surface area contributed by atoms with E-state index in [1.807, 2.05) is 68.4 Å². The number of nitrogens with one attached hydrogen (secondary N) is 2. The van der Waals surface area contributed by atoms with Crippen LogP contribution in [0.1, 0.15) is 50.7 Å². The minimum atomic E-state index is -3.65. The molecule has 0 radical (unpaired) electrons. The molecule has 0 aliphatic carbocycles. The maximum absolute atomic E-state index is 12.9. The van der Waals surface area contributed by atoms with Gasteiger partial charge >= 0.3 is 0 Å². The number of aliphatic hydroxyl groups excluding tert-OH is 2. The van der Waals surface area contributed by atoms with E-state index in [0.717, 1.165) is 16.9 Å². The van der Waals surface area contributed by atoms with Crippen molar-refractivity contribution < 1.29 is 28.2 Å². The number of methoxy groups -OCH3 is 1. The number of hydrogen-bond acceptors (Lipinski definition) is 7. The second kappa shape index (κ2) is 15.7. The number of sulfone groups is 1. The lowest BCUT2D eigenvalue weighted by molar-refractivity contribution is -0.129. The molecule has 3 unspecified atom stereocenters. The van der Waals surface area contributed by atoms with Crippen LogP contribution >= 0.6 is 0 Å². The molecule has 2 rings (SSSR count). The van der Waals surface area contributed by atoms with E-state index in [9.17, 15) is 23.4 Å². The summed E-state index contributed by atoms with van der Waals surface area (Å²) in [5, 5.41) is 26.8. The highest BCUT2D eigenvalue weighted by Crippen LogP contribution is 2.17. The average Bonchev–Trinajstić information content (AvgIpc) is 2.88. The van der Waals surface area contributed by atoms with Crippen LogP contribution < -0.4 is 15.4 Å². The second-order valence-corrected chi connectivity index (χ2v) is 11.7. The van der Waals surface area contributed by atoms with E-state index >= 15 is 0 Å². The van der Waals surface area contributed by atoms with Crippen molar-refractivity contribution in [2.75, 3.05) is 19.4 Å². The van der Waals surface area contributed by atoms with Crippen LogP contribution in [-0.2, 0) is 27.6 Å². The molecule has 9 heteroatoms. The Morgan fingerprint density at radius 1 is 0.973 bits per heavy atom. The summed E-state index contributed by atoms with van der Waals surface area (Å²) in [4.78, 5) is 12.9. The smallest absolute Gasteiger partial charge is 0.250 e. The molecule has 0 spiro atoms. The zero-order chi connectivity index (χ0) is 27.3. The van der Waals surface area contributed by atoms with E-state index in [4.69, 9.17) is 4.74 Å². The SMILES string of the molecule is CCCC(CCC)S(=O)(=O)CC(O)C(=O)NC(Cc1ccccc1)C(O)CNCc1cccc(OC)c1. The predicted molar refractivity (Wildman–Crippen MR) is 146 cm³/mol. The van der Waals surface area contributed by atoms with Gasteiger partial charge in [0.15, 0.2) is 9.84 Å². The molecule has 0 saturated carbocycles. The Hall–Kier alpha value is -2.46. The number of hydrogen-bond donors (Lipinski definition) is 4. The standard InChI is InChI=1S/C28H42N2O6S/c1-4-10-24(11-5-2)37(34,35)20-27(32)28(33)30-25(17-21-12-7-6-8-13-21)26(31)19-29-18-22-14-9-15-23(16-22)36-3/h6-9,12-16,24-27,29,31-32H,4-5,10-11,17-20H2,1-3H3,(H,30,33). The lowest BCUT2D eigenvalue weighted by Gasteiger charge is -2.26. The van der Waals surface area contributed by atoms with Gasteiger partial charge in [0.2, 0.25) is 5.91 Å². The Morgan fingerprint density at radius 2 is 1.62 bits per heavy atom. The number of amides is 1. The molecule has 0 fully saturated rings. The summed E-state index contributed by atoms with van der Waals surface area (Å²) in [6.07, 6.45) is 0.0449. The summed E-state index contributed by atoms with van der Waals surface area (Å²) in [7, 11) is -2.05. The van der Waals surface area contributed by atoms with Gasteiger partial charge < -0.3 is 25.6 Å². The van der Waals surface area contributed by atoms with Crippen molar-refractivity contribution in [2.24, 2.45) is 0 Å². The van der Waals surface area contributed by atoms with Gasteiger partial charge in [0.25, 0.3) is 0 Å². The van der Waals surface area contributed by atoms with Crippen LogP contribution in [0.2, 0.25) is 0 Å². The fourth-order valence-corrected chi connectivity index (χ4v) is 6.35. The number of rotatable bonds is 17. The molecule has 8 nitrogen and oxygen atoms in total. The first-order valence-corrected chi connectivity index (χ1v) is 14.7. The monoisotopic (exact) mass is 534 g/mol. The quantitative estimate of drug-likeness (QED) is 0.246. The van der Waals surface area contributed by atoms with Crippen LogP contribution in [0, 0.1) is 0 Å². The molecule has 0 heterocycles. The number of aliphatic hydroxyl groups is 2. The van der Waals surface area contributed by atoms with Crippen molar-refractivity contribution >= 4 is 15.7 Å². The normalized spacial score (nSPS) is 14.2. The first kappa shape index (κ1) is 30.8. The third kappa shape index (κ3) is 10.4. The van der Waals surface area contributed by atoms with Crippen molar-refractivity contribution in [3.63, 3.8) is 0 Å². The lowest BCUT2D eigenvalue weighted by atomic mass is 10.0. The largest absolute Gasteiger partial charge is 0.497 e. The fraction of sp³-hybridized carbons (Fsp3) is 0.536. The first-order valence-electron chi connectivity index (χ1n) is 13.0. The number of carbonyl (C=O) groups is 1. The van der Waals surface area contributed by atoms with Gasteiger partial charge in [-0.2, -0.15) is 0 Å². The molecule has 206 valence electrons. The molecule has 3 atom stereocenters. The summed E-state index contributed by atoms with van der Waals surface area (Å²) in [6, 6.07) is 16.2. The van der Waals surface area contributed by atoms with Crippen LogP contribution in [0.25, 0.3) is 0 Å². The van der Waals surface area contributed by atoms with E-state index in [2.05, 4.69) is 10.6 Å². The fourth-order valence-electron chi connectivity index (χ4n) is 4.30. The van der Waals surface area contributed by atoms with Crippen molar-refractivity contribution in [3.05, 3.63) is 65.7 Å². The maximum atomic E-state index is 12.9. The number of benzene rings is 2. The van der Waals surface area contributed by atoms with Crippen molar-refractivity contribution in [2.45, 2.75) is 76.0 Å². The van der Waals surface area contributed by atoms with Crippen LogP contribution in [0.3, 0.4) is 0 Å². The summed E-state index contributed by atoms with van der Waals surface area (Å²) in [5.41, 5.74) is 1.87. The van der Waals surface area contributed by atoms with Crippen molar-refractivity contribution in [3.8, 4) is 5.75 Å². The highest BCUT2D eigenvalue weighted by molar-refractivity contribution is 7.92. The molecule has 0 aliphatic rings. The van der Waals surface area contributed by atoms with Crippen molar-refractivity contribution in [1.29, 1.82) is 0 Å². The summed E-state index contributed by atoms with van der Waals surface area (Å²) in [6.45, 7) is 4.49. The van der Waals surface area contributed by atoms with E-state index < -0.39 is 45.0 Å². The van der Waals surface area contributed by atoms with Gasteiger partial charge in [-0.05, 0) is 42.5 Å². The summed E-state index contributed by atoms with van der Waals surface area (Å²) < 4.78 is 30.9. The van der Waals surface area contributed by atoms with Crippen molar-refractivity contribution in [1.82, 2.24) is 10.6 Å². The predicted octanol–water partition coefficient (Wildman–Crippen LogP) is 2.62. The molecule has 37 heavy (non-hydrogen) atoms. The van der Waals surface area contributed by atoms with Gasteiger partial charge in [0.1, 0.15) is 11.9 Å². The zero-order valence-corrected chi connectivity index (χ0v) is 22.9. The molecule has 2 aromatic rings. The summed E-state index contributed by atoms with van der Waals surface area (Å²) >= 11 is 0. The number of carbonyl (C=O) groups excluding carboxylic acids is 1. The number of ether oxygens (including phenoxy) is 1. The molecule has 0 saturated heterocycles. The van der Waals surface area contributed by atoms with Gasteiger partial charge in [0.05, 0.1) is 30.3 Å². The van der Waals surface area contributed by atoms with E-state index in [0.29, 0.717) is 38.6 Å². The molecule has 0 aliphatic heterocycles. The molecule has 4 N–H and O–H groups in total. The van der Waals surface area contributed by atoms with E-state index in [1.54, 1.807) is 7.11 Å². The molecule has 0 bridgehead atoms. The minimum Gasteiger partial charge on any atom is -0.497 e. The third-order valence-electron chi connectivity index (χ3n) is 6.33. The van der Waals surface area contributed by atoms with E-state index in [1.165, 1.54) is 0 Å². The Kier molecular flexibility index (Phi) is 13.1. The van der Waals surface area contributed by atoms with Gasteiger partial charge in [0, 0.05) is 13.1 Å². The molecular weight excluding hydrogens is 492 g/mol. The van der Waals surface area contributed by atoms with Gasteiger partial charge in [-0.3, -0.25) is 4.79 Å². The summed E-state index contributed by atoms with van der Waals surface area (Å²) in [5.74, 6) is -0.702. The Labute approximate surface area is 221 Å².